The fourth-order valence-electron chi connectivity index (χ4n) is 2.13. The zero-order valence-electron chi connectivity index (χ0n) is 13.6. The molecule has 140 valence electrons. The van der Waals surface area contributed by atoms with Crippen molar-refractivity contribution in [2.75, 3.05) is 12.8 Å². The number of hydrogen-bond donors (Lipinski definition) is 1. The number of carbonyl (C=O) groups excluding carboxylic acids is 1. The summed E-state index contributed by atoms with van der Waals surface area (Å²) in [4.78, 5) is 24.4. The molecule has 7 nitrogen and oxygen atoms in total. The van der Waals surface area contributed by atoms with Crippen molar-refractivity contribution in [3.05, 3.63) is 53.3 Å². The van der Waals surface area contributed by atoms with Gasteiger partial charge in [0.15, 0.2) is 17.4 Å². The molecule has 0 spiro atoms. The molecule has 0 saturated carbocycles. The molecule has 1 N–H and O–H groups in total. The fourth-order valence-corrected chi connectivity index (χ4v) is 2.69. The summed E-state index contributed by atoms with van der Waals surface area (Å²) < 4.78 is 54.3. The predicted molar refractivity (Wildman–Crippen MR) is 85.2 cm³/mol. The van der Waals surface area contributed by atoms with E-state index in [4.69, 9.17) is 9.52 Å². The monoisotopic (exact) mass is 387 g/mol. The normalized spacial score (nSPS) is 11.3. The van der Waals surface area contributed by atoms with Gasteiger partial charge in [-0.1, -0.05) is 6.07 Å². The zero-order valence-corrected chi connectivity index (χ0v) is 14.4. The standard InChI is InChI=1S/C16H15F2NO6S/c1-26(23,24)15-5-4-13(25-15)16(22)19(7-6-14(20)21)9-10-2-3-11(17)12(18)8-10/h2-5,8H,6-7,9H2,1H3,(H,20,21). The third kappa shape index (κ3) is 4.88. The molecule has 0 bridgehead atoms. The van der Waals surface area contributed by atoms with E-state index in [9.17, 15) is 26.8 Å². The van der Waals surface area contributed by atoms with Gasteiger partial charge in [-0.2, -0.15) is 0 Å². The van der Waals surface area contributed by atoms with Crippen LogP contribution in [0.5, 0.6) is 0 Å². The molecule has 0 fully saturated rings. The van der Waals surface area contributed by atoms with Gasteiger partial charge in [0.25, 0.3) is 5.91 Å². The van der Waals surface area contributed by atoms with Crippen LogP contribution >= 0.6 is 0 Å². The maximum atomic E-state index is 13.3. The smallest absolute Gasteiger partial charge is 0.305 e. The summed E-state index contributed by atoms with van der Waals surface area (Å²) in [5.41, 5.74) is 0.234. The van der Waals surface area contributed by atoms with Gasteiger partial charge in [-0.15, -0.1) is 0 Å². The molecular formula is C16H15F2NO6S. The Hall–Kier alpha value is -2.75. The predicted octanol–water partition coefficient (Wildman–Crippen LogP) is 2.08. The zero-order chi connectivity index (χ0) is 19.5. The largest absolute Gasteiger partial charge is 0.481 e. The molecule has 0 atom stereocenters. The van der Waals surface area contributed by atoms with Crippen LogP contribution in [0, 0.1) is 11.6 Å². The SMILES string of the molecule is CS(=O)(=O)c1ccc(C(=O)N(CCC(=O)O)Cc2ccc(F)c(F)c2)o1. The fraction of sp³-hybridized carbons (Fsp3) is 0.250. The number of sulfone groups is 1. The van der Waals surface area contributed by atoms with E-state index in [0.717, 1.165) is 35.4 Å². The number of amides is 1. The Bertz CT molecular complexity index is 938. The molecule has 2 aromatic rings. The van der Waals surface area contributed by atoms with Crippen LogP contribution in [0.15, 0.2) is 39.8 Å². The van der Waals surface area contributed by atoms with Crippen molar-refractivity contribution in [3.8, 4) is 0 Å². The lowest BCUT2D eigenvalue weighted by atomic mass is 10.2. The molecule has 1 amide bonds. The van der Waals surface area contributed by atoms with E-state index in [0.29, 0.717) is 0 Å². The van der Waals surface area contributed by atoms with Crippen molar-refractivity contribution in [1.29, 1.82) is 0 Å². The minimum absolute atomic E-state index is 0.210. The van der Waals surface area contributed by atoms with E-state index in [1.165, 1.54) is 6.07 Å². The van der Waals surface area contributed by atoms with E-state index in [1.54, 1.807) is 0 Å². The lowest BCUT2D eigenvalue weighted by Gasteiger charge is -2.21. The summed E-state index contributed by atoms with van der Waals surface area (Å²) >= 11 is 0. The number of hydrogen-bond acceptors (Lipinski definition) is 5. The van der Waals surface area contributed by atoms with Crippen molar-refractivity contribution in [2.45, 2.75) is 18.1 Å². The number of carboxylic acids is 1. The third-order valence-corrected chi connectivity index (χ3v) is 4.35. The second kappa shape index (κ2) is 7.65. The maximum absolute atomic E-state index is 13.3. The first-order valence-electron chi connectivity index (χ1n) is 7.33. The van der Waals surface area contributed by atoms with E-state index >= 15 is 0 Å². The minimum Gasteiger partial charge on any atom is -0.481 e. The van der Waals surface area contributed by atoms with Gasteiger partial charge in [-0.25, -0.2) is 17.2 Å². The number of carbonyl (C=O) groups is 2. The molecule has 26 heavy (non-hydrogen) atoms. The lowest BCUT2D eigenvalue weighted by molar-refractivity contribution is -0.137. The Morgan fingerprint density at radius 2 is 1.85 bits per heavy atom. The molecule has 0 unspecified atom stereocenters. The van der Waals surface area contributed by atoms with Crippen molar-refractivity contribution in [2.24, 2.45) is 0 Å². The Morgan fingerprint density at radius 3 is 2.38 bits per heavy atom. The van der Waals surface area contributed by atoms with Gasteiger partial charge in [0.2, 0.25) is 14.9 Å². The highest BCUT2D eigenvalue weighted by Gasteiger charge is 2.23. The topological polar surface area (TPSA) is 105 Å². The average Bonchev–Trinajstić information content (AvgIpc) is 3.04. The highest BCUT2D eigenvalue weighted by Crippen LogP contribution is 2.18. The van der Waals surface area contributed by atoms with Gasteiger partial charge in [-0.05, 0) is 29.8 Å². The first-order valence-corrected chi connectivity index (χ1v) is 9.22. The van der Waals surface area contributed by atoms with E-state index in [-0.39, 0.29) is 24.4 Å². The van der Waals surface area contributed by atoms with Gasteiger partial charge in [-0.3, -0.25) is 9.59 Å². The van der Waals surface area contributed by atoms with E-state index < -0.39 is 44.9 Å². The number of aliphatic carboxylic acids is 1. The van der Waals surface area contributed by atoms with Crippen molar-refractivity contribution < 1.29 is 36.3 Å². The van der Waals surface area contributed by atoms with Crippen LogP contribution in [0.25, 0.3) is 0 Å². The maximum Gasteiger partial charge on any atom is 0.305 e. The summed E-state index contributed by atoms with van der Waals surface area (Å²) in [7, 11) is -3.66. The summed E-state index contributed by atoms with van der Waals surface area (Å²) in [5, 5.41) is 8.41. The Morgan fingerprint density at radius 1 is 1.15 bits per heavy atom. The Kier molecular flexibility index (Phi) is 5.76. The summed E-state index contributed by atoms with van der Waals surface area (Å²) in [5.74, 6) is -4.40. The van der Waals surface area contributed by atoms with Crippen molar-refractivity contribution in [1.82, 2.24) is 4.90 Å². The Balaban J connectivity index is 2.27. The van der Waals surface area contributed by atoms with Crippen LogP contribution in [0.4, 0.5) is 8.78 Å². The van der Waals surface area contributed by atoms with Gasteiger partial charge >= 0.3 is 5.97 Å². The third-order valence-electron chi connectivity index (χ3n) is 3.40. The number of furan rings is 1. The van der Waals surface area contributed by atoms with Crippen LogP contribution in [-0.4, -0.2) is 43.1 Å². The number of carboxylic acid groups (broad SMARTS) is 1. The molecule has 0 radical (unpaired) electrons. The quantitative estimate of drug-likeness (QED) is 0.780. The number of nitrogens with zero attached hydrogens (tertiary/aromatic N) is 1. The van der Waals surface area contributed by atoms with Crippen LogP contribution in [0.2, 0.25) is 0 Å². The molecule has 10 heteroatoms. The van der Waals surface area contributed by atoms with Gasteiger partial charge < -0.3 is 14.4 Å². The first kappa shape index (κ1) is 19.6. The van der Waals surface area contributed by atoms with Gasteiger partial charge in [0.05, 0.1) is 6.42 Å². The van der Waals surface area contributed by atoms with Crippen LogP contribution < -0.4 is 0 Å². The Labute approximate surface area is 147 Å². The van der Waals surface area contributed by atoms with Gasteiger partial charge in [0.1, 0.15) is 0 Å². The molecule has 0 aliphatic heterocycles. The number of rotatable bonds is 7. The van der Waals surface area contributed by atoms with Crippen LogP contribution in [0.1, 0.15) is 22.5 Å². The summed E-state index contributed by atoms with van der Waals surface area (Å²) in [6.07, 6.45) is 0.513. The molecule has 0 aliphatic carbocycles. The van der Waals surface area contributed by atoms with E-state index in [1.807, 2.05) is 0 Å². The molecule has 0 aliphatic rings. The van der Waals surface area contributed by atoms with Crippen molar-refractivity contribution >= 4 is 21.7 Å². The number of benzene rings is 1. The average molecular weight is 387 g/mol. The second-order valence-corrected chi connectivity index (χ2v) is 7.46. The number of halogens is 2. The van der Waals surface area contributed by atoms with Crippen molar-refractivity contribution in [3.63, 3.8) is 0 Å². The summed E-state index contributed by atoms with van der Waals surface area (Å²) in [6.45, 7) is -0.444. The molecule has 2 rings (SSSR count). The molecular weight excluding hydrogens is 372 g/mol. The molecule has 1 heterocycles. The first-order chi connectivity index (χ1) is 12.1. The molecule has 1 aromatic carbocycles. The second-order valence-electron chi connectivity index (χ2n) is 5.51. The lowest BCUT2D eigenvalue weighted by Crippen LogP contribution is -2.32. The van der Waals surface area contributed by atoms with Crippen LogP contribution in [0.3, 0.4) is 0 Å². The van der Waals surface area contributed by atoms with E-state index in [2.05, 4.69) is 0 Å². The molecule has 0 saturated heterocycles. The van der Waals surface area contributed by atoms with Gasteiger partial charge in [0, 0.05) is 19.3 Å². The highest BCUT2D eigenvalue weighted by atomic mass is 32.2. The summed E-state index contributed by atoms with van der Waals surface area (Å²) in [6, 6.07) is 5.29. The molecule has 1 aromatic heterocycles. The van der Waals surface area contributed by atoms with Crippen LogP contribution in [-0.2, 0) is 21.2 Å². The highest BCUT2D eigenvalue weighted by molar-refractivity contribution is 7.90. The minimum atomic E-state index is -3.66.